The summed E-state index contributed by atoms with van der Waals surface area (Å²) < 4.78 is 24.4. The molecule has 0 fully saturated rings. The second-order valence-corrected chi connectivity index (χ2v) is 2.22. The number of nitriles is 1. The topological polar surface area (TPSA) is 49.8 Å². The van der Waals surface area contributed by atoms with Gasteiger partial charge >= 0.3 is 0 Å². The third-order valence-corrected chi connectivity index (χ3v) is 1.48. The predicted octanol–water partition coefficient (Wildman–Crippen LogP) is 2.08. The molecule has 0 aliphatic rings. The maximum atomic E-state index is 12.2. The number of anilines is 1. The second kappa shape index (κ2) is 3.18. The lowest BCUT2D eigenvalue weighted by Gasteiger charge is -2.03. The lowest BCUT2D eigenvalue weighted by atomic mass is 10.1. The van der Waals surface area contributed by atoms with Crippen molar-refractivity contribution >= 4 is 5.69 Å². The van der Waals surface area contributed by atoms with Crippen molar-refractivity contribution in [2.75, 3.05) is 5.73 Å². The minimum absolute atomic E-state index is 0.0929. The highest BCUT2D eigenvalue weighted by Gasteiger charge is 2.13. The van der Waals surface area contributed by atoms with Gasteiger partial charge in [-0.05, 0) is 6.07 Å². The standard InChI is InChI=1S/C8H6F2N2/c9-8(10)5-2-1-3-7(12)6(5)4-11/h1-3,8H,12H2. The maximum absolute atomic E-state index is 12.2. The first-order valence-corrected chi connectivity index (χ1v) is 3.23. The molecule has 0 unspecified atom stereocenters. The van der Waals surface area contributed by atoms with E-state index >= 15 is 0 Å². The molecule has 0 spiro atoms. The number of hydrogen-bond donors (Lipinski definition) is 1. The van der Waals surface area contributed by atoms with Gasteiger partial charge in [0.15, 0.2) is 0 Å². The molecule has 0 bridgehead atoms. The van der Waals surface area contributed by atoms with Gasteiger partial charge in [0.2, 0.25) is 0 Å². The van der Waals surface area contributed by atoms with Crippen LogP contribution < -0.4 is 5.73 Å². The summed E-state index contributed by atoms with van der Waals surface area (Å²) in [6.07, 6.45) is -2.65. The molecule has 0 aliphatic carbocycles. The Morgan fingerprint density at radius 2 is 2.08 bits per heavy atom. The Morgan fingerprint density at radius 1 is 1.42 bits per heavy atom. The van der Waals surface area contributed by atoms with Gasteiger partial charge in [-0.25, -0.2) is 8.78 Å². The van der Waals surface area contributed by atoms with Gasteiger partial charge in [-0.2, -0.15) is 5.26 Å². The van der Waals surface area contributed by atoms with Crippen molar-refractivity contribution in [3.05, 3.63) is 29.3 Å². The molecule has 0 atom stereocenters. The molecule has 2 nitrogen and oxygen atoms in total. The molecule has 0 aromatic heterocycles. The summed E-state index contributed by atoms with van der Waals surface area (Å²) in [6, 6.07) is 5.66. The van der Waals surface area contributed by atoms with Crippen molar-refractivity contribution in [2.45, 2.75) is 6.43 Å². The summed E-state index contributed by atoms with van der Waals surface area (Å²) >= 11 is 0. The molecule has 1 rings (SSSR count). The number of nitrogens with zero attached hydrogens (tertiary/aromatic N) is 1. The summed E-state index contributed by atoms with van der Waals surface area (Å²) in [5, 5.41) is 8.48. The lowest BCUT2D eigenvalue weighted by Crippen LogP contribution is -1.96. The predicted molar refractivity (Wildman–Crippen MR) is 40.5 cm³/mol. The zero-order valence-corrected chi connectivity index (χ0v) is 6.09. The molecule has 0 saturated heterocycles. The van der Waals surface area contributed by atoms with Crippen LogP contribution in [0.15, 0.2) is 18.2 Å². The number of alkyl halides is 2. The molecule has 0 aliphatic heterocycles. The quantitative estimate of drug-likeness (QED) is 0.652. The van der Waals surface area contributed by atoms with Crippen LogP contribution in [0.5, 0.6) is 0 Å². The summed E-state index contributed by atoms with van der Waals surface area (Å²) in [5.74, 6) is 0. The van der Waals surface area contributed by atoms with Gasteiger partial charge in [0, 0.05) is 11.3 Å². The van der Waals surface area contributed by atoms with Crippen LogP contribution in [0.4, 0.5) is 14.5 Å². The van der Waals surface area contributed by atoms with Crippen molar-refractivity contribution in [1.82, 2.24) is 0 Å². The highest BCUT2D eigenvalue weighted by Crippen LogP contribution is 2.25. The van der Waals surface area contributed by atoms with Gasteiger partial charge in [0.1, 0.15) is 6.07 Å². The van der Waals surface area contributed by atoms with Gasteiger partial charge in [-0.3, -0.25) is 0 Å². The van der Waals surface area contributed by atoms with Crippen molar-refractivity contribution in [3.8, 4) is 6.07 Å². The van der Waals surface area contributed by atoms with E-state index < -0.39 is 6.43 Å². The fourth-order valence-electron chi connectivity index (χ4n) is 0.900. The average molecular weight is 168 g/mol. The van der Waals surface area contributed by atoms with E-state index in [0.717, 1.165) is 0 Å². The number of nitrogen functional groups attached to an aromatic ring is 1. The minimum atomic E-state index is -2.65. The first kappa shape index (κ1) is 8.47. The lowest BCUT2D eigenvalue weighted by molar-refractivity contribution is 0.151. The fourth-order valence-corrected chi connectivity index (χ4v) is 0.900. The first-order chi connectivity index (χ1) is 5.66. The Bertz CT molecular complexity index is 328. The van der Waals surface area contributed by atoms with Gasteiger partial charge in [0.25, 0.3) is 6.43 Å². The number of nitrogens with two attached hydrogens (primary N) is 1. The van der Waals surface area contributed by atoms with Gasteiger partial charge in [-0.15, -0.1) is 0 Å². The molecule has 0 amide bonds. The Kier molecular flexibility index (Phi) is 2.24. The van der Waals surface area contributed by atoms with Crippen molar-refractivity contribution in [2.24, 2.45) is 0 Å². The third-order valence-electron chi connectivity index (χ3n) is 1.48. The zero-order chi connectivity index (χ0) is 9.14. The van der Waals surface area contributed by atoms with Crippen molar-refractivity contribution in [1.29, 1.82) is 5.26 Å². The first-order valence-electron chi connectivity index (χ1n) is 3.23. The van der Waals surface area contributed by atoms with E-state index in [4.69, 9.17) is 11.0 Å². The molecule has 2 N–H and O–H groups in total. The molecule has 0 heterocycles. The molecular formula is C8H6F2N2. The van der Waals surface area contributed by atoms with Crippen molar-refractivity contribution < 1.29 is 8.78 Å². The summed E-state index contributed by atoms with van der Waals surface area (Å²) in [7, 11) is 0. The number of benzene rings is 1. The fraction of sp³-hybridized carbons (Fsp3) is 0.125. The van der Waals surface area contributed by atoms with Crippen LogP contribution >= 0.6 is 0 Å². The molecule has 0 radical (unpaired) electrons. The zero-order valence-electron chi connectivity index (χ0n) is 6.09. The molecule has 12 heavy (non-hydrogen) atoms. The van der Waals surface area contributed by atoms with E-state index in [-0.39, 0.29) is 16.8 Å². The van der Waals surface area contributed by atoms with E-state index in [0.29, 0.717) is 0 Å². The van der Waals surface area contributed by atoms with E-state index in [1.54, 1.807) is 6.07 Å². The van der Waals surface area contributed by atoms with Crippen LogP contribution in [0.2, 0.25) is 0 Å². The smallest absolute Gasteiger partial charge is 0.265 e. The highest BCUT2D eigenvalue weighted by molar-refractivity contribution is 5.58. The average Bonchev–Trinajstić information content (AvgIpc) is 2.03. The third kappa shape index (κ3) is 1.35. The molecule has 62 valence electrons. The van der Waals surface area contributed by atoms with Crippen LogP contribution in [0, 0.1) is 11.3 Å². The molecular weight excluding hydrogens is 162 g/mol. The maximum Gasteiger partial charge on any atom is 0.265 e. The van der Waals surface area contributed by atoms with Crippen LogP contribution in [-0.4, -0.2) is 0 Å². The van der Waals surface area contributed by atoms with Gasteiger partial charge in [0.05, 0.1) is 5.56 Å². The molecule has 4 heteroatoms. The van der Waals surface area contributed by atoms with E-state index in [1.165, 1.54) is 18.2 Å². The van der Waals surface area contributed by atoms with E-state index in [9.17, 15) is 8.78 Å². The van der Waals surface area contributed by atoms with Crippen LogP contribution in [0.1, 0.15) is 17.6 Å². The number of hydrogen-bond acceptors (Lipinski definition) is 2. The monoisotopic (exact) mass is 168 g/mol. The Labute approximate surface area is 68.2 Å². The van der Waals surface area contributed by atoms with E-state index in [2.05, 4.69) is 0 Å². The molecule has 1 aromatic rings. The van der Waals surface area contributed by atoms with Crippen LogP contribution in [-0.2, 0) is 0 Å². The van der Waals surface area contributed by atoms with E-state index in [1.807, 2.05) is 0 Å². The SMILES string of the molecule is N#Cc1c(N)cccc1C(F)F. The van der Waals surface area contributed by atoms with Crippen molar-refractivity contribution in [3.63, 3.8) is 0 Å². The summed E-state index contributed by atoms with van der Waals surface area (Å²) in [5.41, 5.74) is 4.97. The number of halogens is 2. The summed E-state index contributed by atoms with van der Waals surface area (Å²) in [6.45, 7) is 0. The van der Waals surface area contributed by atoms with Crippen LogP contribution in [0.3, 0.4) is 0 Å². The molecule has 1 aromatic carbocycles. The Balaban J connectivity index is 3.30. The Hall–Kier alpha value is -1.63. The second-order valence-electron chi connectivity index (χ2n) is 2.22. The summed E-state index contributed by atoms with van der Waals surface area (Å²) in [4.78, 5) is 0. The Morgan fingerprint density at radius 3 is 2.50 bits per heavy atom. The van der Waals surface area contributed by atoms with Gasteiger partial charge < -0.3 is 5.73 Å². The number of rotatable bonds is 1. The normalized spacial score (nSPS) is 9.83. The van der Waals surface area contributed by atoms with Crippen LogP contribution in [0.25, 0.3) is 0 Å². The van der Waals surface area contributed by atoms with Gasteiger partial charge in [-0.1, -0.05) is 12.1 Å². The minimum Gasteiger partial charge on any atom is -0.398 e. The largest absolute Gasteiger partial charge is 0.398 e. The molecule has 0 saturated carbocycles. The highest BCUT2D eigenvalue weighted by atomic mass is 19.3.